The summed E-state index contributed by atoms with van der Waals surface area (Å²) in [5.74, 6) is 0.313. The van der Waals surface area contributed by atoms with Gasteiger partial charge in [0, 0.05) is 13.0 Å². The lowest BCUT2D eigenvalue weighted by Gasteiger charge is -2.14. The first kappa shape index (κ1) is 21.9. The van der Waals surface area contributed by atoms with Gasteiger partial charge in [0.05, 0.1) is 13.2 Å². The fourth-order valence-electron chi connectivity index (χ4n) is 2.51. The number of carbonyl (C=O) groups is 2. The zero-order chi connectivity index (χ0) is 17.5. The largest absolute Gasteiger partial charge is 0.469 e. The van der Waals surface area contributed by atoms with Crippen molar-refractivity contribution < 1.29 is 14.3 Å². The molecule has 0 rings (SSSR count). The van der Waals surface area contributed by atoms with Crippen LogP contribution in [0, 0.1) is 5.92 Å². The first-order chi connectivity index (χ1) is 11.0. The Labute approximate surface area is 141 Å². The summed E-state index contributed by atoms with van der Waals surface area (Å²) >= 11 is 0. The van der Waals surface area contributed by atoms with E-state index in [1.165, 1.54) is 32.8 Å². The van der Waals surface area contributed by atoms with Crippen LogP contribution >= 0.6 is 0 Å². The molecule has 0 aliphatic rings. The molecule has 0 aliphatic carbocycles. The number of amides is 1. The van der Waals surface area contributed by atoms with Crippen LogP contribution in [-0.4, -0.2) is 31.6 Å². The van der Waals surface area contributed by atoms with E-state index in [0.29, 0.717) is 12.3 Å². The molecule has 0 fully saturated rings. The van der Waals surface area contributed by atoms with Crippen molar-refractivity contribution in [3.8, 4) is 0 Å². The summed E-state index contributed by atoms with van der Waals surface area (Å²) in [7, 11) is 1.43. The van der Waals surface area contributed by atoms with E-state index in [1.54, 1.807) is 0 Å². The normalized spacial score (nSPS) is 12.2. The lowest BCUT2D eigenvalue weighted by molar-refractivity contribution is -0.140. The molecular weight excluding hydrogens is 292 g/mol. The maximum Gasteiger partial charge on any atom is 0.305 e. The quantitative estimate of drug-likeness (QED) is 0.379. The van der Waals surface area contributed by atoms with Crippen molar-refractivity contribution in [1.29, 1.82) is 0 Å². The predicted octanol–water partition coefficient (Wildman–Crippen LogP) is 3.16. The van der Waals surface area contributed by atoms with Crippen LogP contribution in [0.25, 0.3) is 0 Å². The van der Waals surface area contributed by atoms with Crippen LogP contribution < -0.4 is 11.1 Å². The summed E-state index contributed by atoms with van der Waals surface area (Å²) in [6, 6.07) is -0.375. The molecule has 136 valence electrons. The summed E-state index contributed by atoms with van der Waals surface area (Å²) in [5.41, 5.74) is 5.83. The van der Waals surface area contributed by atoms with Gasteiger partial charge >= 0.3 is 5.97 Å². The van der Waals surface area contributed by atoms with E-state index in [1.807, 2.05) is 0 Å². The Morgan fingerprint density at radius 2 is 1.48 bits per heavy atom. The lowest BCUT2D eigenvalue weighted by Crippen LogP contribution is -2.41. The number of nitrogens with two attached hydrogens (primary N) is 1. The molecule has 0 aromatic heterocycles. The molecule has 0 aliphatic heterocycles. The van der Waals surface area contributed by atoms with Crippen LogP contribution in [0.4, 0.5) is 0 Å². The fourth-order valence-corrected chi connectivity index (χ4v) is 2.51. The molecule has 0 aromatic rings. The Kier molecular flexibility index (Phi) is 13.8. The van der Waals surface area contributed by atoms with Gasteiger partial charge in [-0.05, 0) is 25.2 Å². The second kappa shape index (κ2) is 14.5. The number of ether oxygens (including phenoxy) is 1. The van der Waals surface area contributed by atoms with Gasteiger partial charge in [0.15, 0.2) is 0 Å². The molecule has 1 atom stereocenters. The van der Waals surface area contributed by atoms with Crippen LogP contribution in [0.2, 0.25) is 0 Å². The minimum absolute atomic E-state index is 0.0238. The number of esters is 1. The number of hydrogen-bond acceptors (Lipinski definition) is 4. The van der Waals surface area contributed by atoms with E-state index >= 15 is 0 Å². The molecule has 0 aromatic carbocycles. The molecule has 1 amide bonds. The molecule has 0 heterocycles. The highest BCUT2D eigenvalue weighted by Gasteiger charge is 2.13. The minimum Gasteiger partial charge on any atom is -0.469 e. The number of methoxy groups -OCH3 is 1. The topological polar surface area (TPSA) is 81.4 Å². The van der Waals surface area contributed by atoms with Crippen molar-refractivity contribution >= 4 is 11.9 Å². The van der Waals surface area contributed by atoms with Crippen LogP contribution in [0.15, 0.2) is 0 Å². The third-order valence-corrected chi connectivity index (χ3v) is 3.90. The number of unbranched alkanes of at least 4 members (excludes halogenated alkanes) is 7. The van der Waals surface area contributed by atoms with Gasteiger partial charge in [-0.1, -0.05) is 52.4 Å². The zero-order valence-corrected chi connectivity index (χ0v) is 15.2. The molecule has 0 spiro atoms. The number of rotatable bonds is 14. The maximum absolute atomic E-state index is 11.7. The van der Waals surface area contributed by atoms with Crippen molar-refractivity contribution in [2.75, 3.05) is 13.7 Å². The van der Waals surface area contributed by atoms with Gasteiger partial charge in [-0.15, -0.1) is 0 Å². The van der Waals surface area contributed by atoms with Crippen LogP contribution in [0.1, 0.15) is 78.1 Å². The van der Waals surface area contributed by atoms with E-state index in [0.717, 1.165) is 38.6 Å². The summed E-state index contributed by atoms with van der Waals surface area (Å²) in [6.07, 6.45) is 10.3. The van der Waals surface area contributed by atoms with E-state index in [2.05, 4.69) is 23.9 Å². The van der Waals surface area contributed by atoms with Crippen molar-refractivity contribution in [2.24, 2.45) is 11.7 Å². The summed E-state index contributed by atoms with van der Waals surface area (Å²) < 4.78 is 4.61. The molecule has 0 saturated carbocycles. The van der Waals surface area contributed by atoms with Crippen molar-refractivity contribution in [3.05, 3.63) is 0 Å². The number of hydrogen-bond donors (Lipinski definition) is 2. The van der Waals surface area contributed by atoms with Gasteiger partial charge in [0.25, 0.3) is 0 Å². The second-order valence-electron chi connectivity index (χ2n) is 6.68. The Balaban J connectivity index is 3.30. The Morgan fingerprint density at radius 1 is 0.957 bits per heavy atom. The third kappa shape index (κ3) is 14.2. The number of carbonyl (C=O) groups excluding carboxylic acids is 2. The van der Waals surface area contributed by atoms with Crippen molar-refractivity contribution in [1.82, 2.24) is 5.32 Å². The minimum atomic E-state index is -0.375. The average molecular weight is 328 g/mol. The monoisotopic (exact) mass is 328 g/mol. The molecule has 0 saturated heterocycles. The fraction of sp³-hybridized carbons (Fsp3) is 0.889. The molecule has 5 nitrogen and oxygen atoms in total. The van der Waals surface area contributed by atoms with Gasteiger partial charge in [-0.3, -0.25) is 9.59 Å². The van der Waals surface area contributed by atoms with Crippen LogP contribution in [-0.2, 0) is 14.3 Å². The van der Waals surface area contributed by atoms with Gasteiger partial charge < -0.3 is 15.8 Å². The maximum atomic E-state index is 11.7. The van der Waals surface area contributed by atoms with Crippen molar-refractivity contribution in [2.45, 2.75) is 84.1 Å². The van der Waals surface area contributed by atoms with E-state index in [4.69, 9.17) is 5.73 Å². The van der Waals surface area contributed by atoms with Crippen LogP contribution in [0.5, 0.6) is 0 Å². The molecule has 0 bridgehead atoms. The summed E-state index contributed by atoms with van der Waals surface area (Å²) in [6.45, 7) is 4.87. The van der Waals surface area contributed by atoms with E-state index < -0.39 is 0 Å². The molecule has 23 heavy (non-hydrogen) atoms. The first-order valence-corrected chi connectivity index (χ1v) is 9.07. The Bertz CT molecular complexity index is 319. The van der Waals surface area contributed by atoms with Gasteiger partial charge in [-0.2, -0.15) is 0 Å². The Hall–Kier alpha value is -1.10. The molecule has 0 radical (unpaired) electrons. The highest BCUT2D eigenvalue weighted by atomic mass is 16.5. The van der Waals surface area contributed by atoms with E-state index in [9.17, 15) is 9.59 Å². The predicted molar refractivity (Wildman–Crippen MR) is 94.0 cm³/mol. The lowest BCUT2D eigenvalue weighted by atomic mass is 10.0. The third-order valence-electron chi connectivity index (χ3n) is 3.90. The van der Waals surface area contributed by atoms with Gasteiger partial charge in [0.2, 0.25) is 5.91 Å². The van der Waals surface area contributed by atoms with Gasteiger partial charge in [-0.25, -0.2) is 0 Å². The summed E-state index contributed by atoms with van der Waals surface area (Å²) in [4.78, 5) is 22.6. The standard InChI is InChI=1S/C18H36N2O3/c1-15(2)14-16(19)18(22)20-13-11-9-7-5-4-6-8-10-12-17(21)23-3/h15-16H,4-14,19H2,1-3H3,(H,20,22)/t16-/m0/s1. The van der Waals surface area contributed by atoms with Gasteiger partial charge in [0.1, 0.15) is 0 Å². The smallest absolute Gasteiger partial charge is 0.305 e. The van der Waals surface area contributed by atoms with Crippen LogP contribution in [0.3, 0.4) is 0 Å². The molecular formula is C18H36N2O3. The SMILES string of the molecule is COC(=O)CCCCCCCCCCNC(=O)[C@@H](N)CC(C)C. The summed E-state index contributed by atoms with van der Waals surface area (Å²) in [5, 5.41) is 2.91. The first-order valence-electron chi connectivity index (χ1n) is 9.07. The second-order valence-corrected chi connectivity index (χ2v) is 6.68. The zero-order valence-electron chi connectivity index (χ0n) is 15.2. The Morgan fingerprint density at radius 3 is 2.00 bits per heavy atom. The molecule has 3 N–H and O–H groups in total. The number of nitrogens with one attached hydrogen (secondary N) is 1. The molecule has 5 heteroatoms. The van der Waals surface area contributed by atoms with E-state index in [-0.39, 0.29) is 17.9 Å². The highest BCUT2D eigenvalue weighted by molar-refractivity contribution is 5.81. The van der Waals surface area contributed by atoms with Crippen molar-refractivity contribution in [3.63, 3.8) is 0 Å². The highest BCUT2D eigenvalue weighted by Crippen LogP contribution is 2.10. The molecule has 0 unspecified atom stereocenters. The average Bonchev–Trinajstić information content (AvgIpc) is 2.51.